The molecule has 106 valence electrons. The maximum absolute atomic E-state index is 5.96. The van der Waals surface area contributed by atoms with Crippen molar-refractivity contribution in [3.05, 3.63) is 30.1 Å². The normalized spacial score (nSPS) is 21.2. The highest BCUT2D eigenvalue weighted by molar-refractivity contribution is 5.09. The van der Waals surface area contributed by atoms with E-state index in [1.54, 1.807) is 0 Å². The van der Waals surface area contributed by atoms with Crippen LogP contribution in [0.1, 0.15) is 32.0 Å². The first-order valence-electron chi connectivity index (χ1n) is 7.35. The number of aromatic nitrogens is 1. The summed E-state index contributed by atoms with van der Waals surface area (Å²) >= 11 is 0. The highest BCUT2D eigenvalue weighted by Crippen LogP contribution is 2.20. The Morgan fingerprint density at radius 1 is 1.21 bits per heavy atom. The Hall–Kier alpha value is -0.970. The second kappa shape index (κ2) is 6.98. The fraction of sp³-hybridized carbons (Fsp3) is 0.667. The van der Waals surface area contributed by atoms with E-state index in [9.17, 15) is 0 Å². The number of nitrogens with zero attached hydrogens (tertiary/aromatic N) is 3. The van der Waals surface area contributed by atoms with Crippen molar-refractivity contribution in [1.29, 1.82) is 0 Å². The quantitative estimate of drug-likeness (QED) is 0.873. The zero-order chi connectivity index (χ0) is 13.7. The number of rotatable bonds is 5. The molecule has 19 heavy (non-hydrogen) atoms. The van der Waals surface area contributed by atoms with Crippen molar-refractivity contribution in [3.8, 4) is 0 Å². The Morgan fingerprint density at radius 2 is 1.89 bits per heavy atom. The van der Waals surface area contributed by atoms with Crippen LogP contribution in [0.5, 0.6) is 0 Å². The summed E-state index contributed by atoms with van der Waals surface area (Å²) in [4.78, 5) is 9.51. The van der Waals surface area contributed by atoms with Crippen molar-refractivity contribution in [1.82, 2.24) is 14.8 Å². The predicted octanol–water partition coefficient (Wildman–Crippen LogP) is 1.50. The van der Waals surface area contributed by atoms with Gasteiger partial charge in [-0.1, -0.05) is 13.0 Å². The minimum absolute atomic E-state index is 0.264. The molecule has 0 saturated carbocycles. The van der Waals surface area contributed by atoms with Crippen LogP contribution in [-0.2, 0) is 0 Å². The van der Waals surface area contributed by atoms with Gasteiger partial charge in [0.1, 0.15) is 0 Å². The zero-order valence-corrected chi connectivity index (χ0v) is 12.1. The van der Waals surface area contributed by atoms with Gasteiger partial charge in [-0.15, -0.1) is 0 Å². The lowest BCUT2D eigenvalue weighted by atomic mass is 10.1. The first kappa shape index (κ1) is 14.4. The maximum atomic E-state index is 5.96. The number of nitrogens with two attached hydrogens (primary N) is 1. The standard InChI is InChI=1S/C15H26N4/c1-3-13(2)18-8-10-19(11-9-18)15(12-16)14-6-4-5-7-17-14/h4-7,13,15H,3,8-12,16H2,1-2H3. The summed E-state index contributed by atoms with van der Waals surface area (Å²) in [6.45, 7) is 9.66. The smallest absolute Gasteiger partial charge is 0.0645 e. The average Bonchev–Trinajstić information content (AvgIpc) is 2.49. The van der Waals surface area contributed by atoms with Gasteiger partial charge in [-0.05, 0) is 25.5 Å². The molecule has 4 nitrogen and oxygen atoms in total. The van der Waals surface area contributed by atoms with E-state index in [0.717, 1.165) is 31.9 Å². The Morgan fingerprint density at radius 3 is 2.42 bits per heavy atom. The van der Waals surface area contributed by atoms with Crippen LogP contribution in [0.2, 0.25) is 0 Å². The van der Waals surface area contributed by atoms with Crippen LogP contribution >= 0.6 is 0 Å². The maximum Gasteiger partial charge on any atom is 0.0645 e. The molecule has 4 heteroatoms. The van der Waals surface area contributed by atoms with E-state index >= 15 is 0 Å². The molecule has 2 rings (SSSR count). The summed E-state index contributed by atoms with van der Waals surface area (Å²) in [7, 11) is 0. The van der Waals surface area contributed by atoms with Gasteiger partial charge >= 0.3 is 0 Å². The molecule has 1 aromatic heterocycles. The van der Waals surface area contributed by atoms with E-state index in [-0.39, 0.29) is 6.04 Å². The summed E-state index contributed by atoms with van der Waals surface area (Å²) in [5, 5.41) is 0. The van der Waals surface area contributed by atoms with Crippen molar-refractivity contribution in [2.75, 3.05) is 32.7 Å². The van der Waals surface area contributed by atoms with E-state index in [2.05, 4.69) is 34.7 Å². The van der Waals surface area contributed by atoms with E-state index < -0.39 is 0 Å². The van der Waals surface area contributed by atoms with Gasteiger partial charge in [-0.25, -0.2) is 0 Å². The molecule has 1 saturated heterocycles. The van der Waals surface area contributed by atoms with Crippen molar-refractivity contribution in [2.45, 2.75) is 32.4 Å². The molecule has 1 aliphatic rings. The molecule has 0 aromatic carbocycles. The lowest BCUT2D eigenvalue weighted by Crippen LogP contribution is -2.51. The van der Waals surface area contributed by atoms with Crippen molar-refractivity contribution in [3.63, 3.8) is 0 Å². The molecule has 2 atom stereocenters. The van der Waals surface area contributed by atoms with Gasteiger partial charge in [0.2, 0.25) is 0 Å². The fourth-order valence-electron chi connectivity index (χ4n) is 2.78. The lowest BCUT2D eigenvalue weighted by molar-refractivity contribution is 0.0731. The molecule has 2 N–H and O–H groups in total. The van der Waals surface area contributed by atoms with Crippen molar-refractivity contribution in [2.24, 2.45) is 5.73 Å². The zero-order valence-electron chi connectivity index (χ0n) is 12.1. The summed E-state index contributed by atoms with van der Waals surface area (Å²) < 4.78 is 0. The fourth-order valence-corrected chi connectivity index (χ4v) is 2.78. The minimum Gasteiger partial charge on any atom is -0.329 e. The molecule has 0 spiro atoms. The van der Waals surface area contributed by atoms with Gasteiger partial charge in [-0.3, -0.25) is 14.8 Å². The Kier molecular flexibility index (Phi) is 5.31. The Labute approximate surface area is 116 Å². The Bertz CT molecular complexity index is 360. The molecule has 0 amide bonds. The molecule has 0 bridgehead atoms. The predicted molar refractivity (Wildman–Crippen MR) is 78.9 cm³/mol. The third-order valence-corrected chi connectivity index (χ3v) is 4.26. The van der Waals surface area contributed by atoms with E-state index in [0.29, 0.717) is 12.6 Å². The molecule has 1 aromatic rings. The summed E-state index contributed by atoms with van der Waals surface area (Å²) in [6.07, 6.45) is 3.08. The topological polar surface area (TPSA) is 45.4 Å². The van der Waals surface area contributed by atoms with Crippen LogP contribution in [0, 0.1) is 0 Å². The van der Waals surface area contributed by atoms with Gasteiger partial charge in [-0.2, -0.15) is 0 Å². The number of hydrogen-bond acceptors (Lipinski definition) is 4. The second-order valence-corrected chi connectivity index (χ2v) is 5.34. The largest absolute Gasteiger partial charge is 0.329 e. The van der Waals surface area contributed by atoms with Crippen LogP contribution in [0.3, 0.4) is 0 Å². The monoisotopic (exact) mass is 262 g/mol. The molecule has 0 aliphatic carbocycles. The molecular formula is C15H26N4. The number of piperazine rings is 1. The van der Waals surface area contributed by atoms with Crippen molar-refractivity contribution < 1.29 is 0 Å². The number of pyridine rings is 1. The molecule has 0 radical (unpaired) electrons. The van der Waals surface area contributed by atoms with Crippen molar-refractivity contribution >= 4 is 0 Å². The van der Waals surface area contributed by atoms with Gasteiger partial charge in [0.05, 0.1) is 11.7 Å². The third-order valence-electron chi connectivity index (χ3n) is 4.26. The molecule has 1 fully saturated rings. The van der Waals surface area contributed by atoms with Crippen LogP contribution in [0.25, 0.3) is 0 Å². The summed E-state index contributed by atoms with van der Waals surface area (Å²) in [6, 6.07) is 7.03. The molecule has 2 heterocycles. The number of hydrogen-bond donors (Lipinski definition) is 1. The molecular weight excluding hydrogens is 236 g/mol. The van der Waals surface area contributed by atoms with Gasteiger partial charge in [0, 0.05) is 45.0 Å². The summed E-state index contributed by atoms with van der Waals surface area (Å²) in [5.41, 5.74) is 7.06. The van der Waals surface area contributed by atoms with E-state index in [1.165, 1.54) is 6.42 Å². The van der Waals surface area contributed by atoms with Crippen LogP contribution in [-0.4, -0.2) is 53.5 Å². The molecule has 2 unspecified atom stereocenters. The van der Waals surface area contributed by atoms with Gasteiger partial charge < -0.3 is 5.73 Å². The second-order valence-electron chi connectivity index (χ2n) is 5.34. The highest BCUT2D eigenvalue weighted by atomic mass is 15.3. The summed E-state index contributed by atoms with van der Waals surface area (Å²) in [5.74, 6) is 0. The Balaban J connectivity index is 1.96. The van der Waals surface area contributed by atoms with E-state index in [1.807, 2.05) is 18.3 Å². The first-order chi connectivity index (χ1) is 9.26. The lowest BCUT2D eigenvalue weighted by Gasteiger charge is -2.40. The van der Waals surface area contributed by atoms with E-state index in [4.69, 9.17) is 5.73 Å². The molecule has 1 aliphatic heterocycles. The highest BCUT2D eigenvalue weighted by Gasteiger charge is 2.26. The van der Waals surface area contributed by atoms with Gasteiger partial charge in [0.15, 0.2) is 0 Å². The van der Waals surface area contributed by atoms with Crippen LogP contribution < -0.4 is 5.73 Å². The SMILES string of the molecule is CCC(C)N1CCN(C(CN)c2ccccn2)CC1. The first-order valence-corrected chi connectivity index (χ1v) is 7.35. The van der Waals surface area contributed by atoms with Crippen LogP contribution in [0.15, 0.2) is 24.4 Å². The van der Waals surface area contributed by atoms with Crippen LogP contribution in [0.4, 0.5) is 0 Å². The van der Waals surface area contributed by atoms with Gasteiger partial charge in [0.25, 0.3) is 0 Å². The third kappa shape index (κ3) is 3.53. The average molecular weight is 262 g/mol. The minimum atomic E-state index is 0.264.